The molecule has 158 valence electrons. The fraction of sp³-hybridized carbons (Fsp3) is 0.259. The number of carbonyl (C=O) groups excluding carboxylic acids is 1. The van der Waals surface area contributed by atoms with Gasteiger partial charge >= 0.3 is 0 Å². The van der Waals surface area contributed by atoms with Gasteiger partial charge in [0.1, 0.15) is 5.82 Å². The van der Waals surface area contributed by atoms with Crippen molar-refractivity contribution in [3.05, 3.63) is 90.3 Å². The van der Waals surface area contributed by atoms with Crippen LogP contribution in [0.1, 0.15) is 31.2 Å². The van der Waals surface area contributed by atoms with Gasteiger partial charge in [-0.1, -0.05) is 80.1 Å². The molecule has 4 nitrogen and oxygen atoms in total. The van der Waals surface area contributed by atoms with Crippen LogP contribution in [0.3, 0.4) is 0 Å². The first-order chi connectivity index (χ1) is 15.2. The molecular weight excluding hydrogens is 382 g/mol. The molecule has 0 aliphatic rings. The molecule has 0 atom stereocenters. The maximum absolute atomic E-state index is 12.4. The molecule has 0 saturated heterocycles. The van der Waals surface area contributed by atoms with Crippen molar-refractivity contribution in [3.63, 3.8) is 0 Å². The summed E-state index contributed by atoms with van der Waals surface area (Å²) in [6, 6.07) is 26.8. The molecule has 1 amide bonds. The molecule has 4 heteroatoms. The minimum absolute atomic E-state index is 0.0451. The fourth-order valence-electron chi connectivity index (χ4n) is 3.89. The Kier molecular flexibility index (Phi) is 6.78. The lowest BCUT2D eigenvalue weighted by atomic mass is 10.0. The van der Waals surface area contributed by atoms with Gasteiger partial charge in [0, 0.05) is 19.5 Å². The molecule has 1 heterocycles. The van der Waals surface area contributed by atoms with Crippen LogP contribution in [0, 0.1) is 0 Å². The van der Waals surface area contributed by atoms with Gasteiger partial charge in [-0.05, 0) is 35.2 Å². The van der Waals surface area contributed by atoms with Gasteiger partial charge in [-0.2, -0.15) is 0 Å². The number of fused-ring (bicyclic) bond motifs is 1. The molecule has 0 radical (unpaired) electrons. The summed E-state index contributed by atoms with van der Waals surface area (Å²) in [6.07, 6.45) is 3.39. The molecule has 1 N–H and O–H groups in total. The largest absolute Gasteiger partial charge is 0.355 e. The van der Waals surface area contributed by atoms with Crippen LogP contribution in [0.4, 0.5) is 0 Å². The smallest absolute Gasteiger partial charge is 0.224 e. The number of rotatable bonds is 9. The third kappa shape index (κ3) is 5.21. The lowest BCUT2D eigenvalue weighted by Gasteiger charge is -2.10. The SMILES string of the molecule is CCCCn1c(CCNC(=O)Cc2ccc(-c3ccccc3)cc2)nc2ccccc21. The van der Waals surface area contributed by atoms with Crippen LogP contribution in [0.5, 0.6) is 0 Å². The maximum Gasteiger partial charge on any atom is 0.224 e. The van der Waals surface area contributed by atoms with Crippen molar-refractivity contribution in [1.29, 1.82) is 0 Å². The second kappa shape index (κ2) is 10.1. The van der Waals surface area contributed by atoms with E-state index in [0.717, 1.165) is 48.3 Å². The molecule has 3 aromatic carbocycles. The molecule has 4 rings (SSSR count). The molecule has 0 fully saturated rings. The zero-order valence-corrected chi connectivity index (χ0v) is 18.1. The topological polar surface area (TPSA) is 46.9 Å². The van der Waals surface area contributed by atoms with Crippen molar-refractivity contribution < 1.29 is 4.79 Å². The minimum Gasteiger partial charge on any atom is -0.355 e. The Labute approximate surface area is 183 Å². The lowest BCUT2D eigenvalue weighted by Crippen LogP contribution is -2.28. The van der Waals surface area contributed by atoms with E-state index < -0.39 is 0 Å². The average Bonchev–Trinajstić information content (AvgIpc) is 3.16. The van der Waals surface area contributed by atoms with Crippen molar-refractivity contribution in [1.82, 2.24) is 14.9 Å². The summed E-state index contributed by atoms with van der Waals surface area (Å²) in [4.78, 5) is 17.2. The number of imidazole rings is 1. The maximum atomic E-state index is 12.4. The second-order valence-corrected chi connectivity index (χ2v) is 7.86. The summed E-state index contributed by atoms with van der Waals surface area (Å²) in [5.41, 5.74) is 5.57. The summed E-state index contributed by atoms with van der Waals surface area (Å²) in [5.74, 6) is 1.09. The zero-order chi connectivity index (χ0) is 21.5. The van der Waals surface area contributed by atoms with E-state index in [-0.39, 0.29) is 5.91 Å². The molecular formula is C27H29N3O. The van der Waals surface area contributed by atoms with Crippen LogP contribution < -0.4 is 5.32 Å². The van der Waals surface area contributed by atoms with Gasteiger partial charge in [-0.3, -0.25) is 4.79 Å². The molecule has 0 unspecified atom stereocenters. The number of carbonyl (C=O) groups is 1. The summed E-state index contributed by atoms with van der Waals surface area (Å²) < 4.78 is 2.30. The van der Waals surface area contributed by atoms with Gasteiger partial charge in [0.05, 0.1) is 17.5 Å². The van der Waals surface area contributed by atoms with E-state index >= 15 is 0 Å². The Balaban J connectivity index is 1.33. The van der Waals surface area contributed by atoms with Gasteiger partial charge in [0.15, 0.2) is 0 Å². The molecule has 0 aliphatic carbocycles. The zero-order valence-electron chi connectivity index (χ0n) is 18.1. The standard InChI is InChI=1S/C27H29N3O/c1-2-3-19-30-25-12-8-7-11-24(25)29-26(30)17-18-28-27(31)20-21-13-15-23(16-14-21)22-9-5-4-6-10-22/h4-16H,2-3,17-20H2,1H3,(H,28,31). The second-order valence-electron chi connectivity index (χ2n) is 7.86. The van der Waals surface area contributed by atoms with E-state index in [1.807, 2.05) is 36.4 Å². The van der Waals surface area contributed by atoms with Gasteiger partial charge < -0.3 is 9.88 Å². The molecule has 0 bridgehead atoms. The summed E-state index contributed by atoms with van der Waals surface area (Å²) in [5, 5.41) is 3.06. The van der Waals surface area contributed by atoms with Crippen LogP contribution in [-0.2, 0) is 24.2 Å². The number of amides is 1. The molecule has 0 aliphatic heterocycles. The monoisotopic (exact) mass is 411 g/mol. The third-order valence-corrected chi connectivity index (χ3v) is 5.57. The van der Waals surface area contributed by atoms with Crippen LogP contribution in [0.25, 0.3) is 22.2 Å². The number of hydrogen-bond acceptors (Lipinski definition) is 2. The van der Waals surface area contributed by atoms with E-state index in [4.69, 9.17) is 4.98 Å². The number of benzene rings is 3. The van der Waals surface area contributed by atoms with E-state index in [1.54, 1.807) is 0 Å². The van der Waals surface area contributed by atoms with Crippen molar-refractivity contribution >= 4 is 16.9 Å². The first-order valence-electron chi connectivity index (χ1n) is 11.1. The number of hydrogen-bond donors (Lipinski definition) is 1. The van der Waals surface area contributed by atoms with E-state index in [0.29, 0.717) is 13.0 Å². The number of nitrogens with one attached hydrogen (secondary N) is 1. The quantitative estimate of drug-likeness (QED) is 0.401. The minimum atomic E-state index is 0.0451. The number of aryl methyl sites for hydroxylation is 1. The van der Waals surface area contributed by atoms with Crippen molar-refractivity contribution in [2.24, 2.45) is 0 Å². The summed E-state index contributed by atoms with van der Waals surface area (Å²) in [7, 11) is 0. The Morgan fingerprint density at radius 1 is 0.903 bits per heavy atom. The number of unbranched alkanes of at least 4 members (excludes halogenated alkanes) is 1. The Hall–Kier alpha value is -3.40. The summed E-state index contributed by atoms with van der Waals surface area (Å²) >= 11 is 0. The molecule has 0 spiro atoms. The Morgan fingerprint density at radius 2 is 1.61 bits per heavy atom. The van der Waals surface area contributed by atoms with E-state index in [2.05, 4.69) is 59.3 Å². The first kappa shape index (κ1) is 20.9. The molecule has 0 saturated carbocycles. The van der Waals surface area contributed by atoms with Crippen molar-refractivity contribution in [2.75, 3.05) is 6.54 Å². The lowest BCUT2D eigenvalue weighted by molar-refractivity contribution is -0.120. The molecule has 31 heavy (non-hydrogen) atoms. The van der Waals surface area contributed by atoms with Crippen molar-refractivity contribution in [3.8, 4) is 11.1 Å². The van der Waals surface area contributed by atoms with Crippen molar-refractivity contribution in [2.45, 2.75) is 39.2 Å². The van der Waals surface area contributed by atoms with Crippen LogP contribution in [0.15, 0.2) is 78.9 Å². The number of aromatic nitrogens is 2. The number of nitrogens with zero attached hydrogens (tertiary/aromatic N) is 2. The van der Waals surface area contributed by atoms with E-state index in [9.17, 15) is 4.79 Å². The average molecular weight is 412 g/mol. The van der Waals surface area contributed by atoms with Gasteiger partial charge in [-0.15, -0.1) is 0 Å². The highest BCUT2D eigenvalue weighted by molar-refractivity contribution is 5.79. The van der Waals surface area contributed by atoms with Crippen LogP contribution in [0.2, 0.25) is 0 Å². The number of para-hydroxylation sites is 2. The first-order valence-corrected chi connectivity index (χ1v) is 11.1. The highest BCUT2D eigenvalue weighted by atomic mass is 16.1. The third-order valence-electron chi connectivity index (χ3n) is 5.57. The van der Waals surface area contributed by atoms with Gasteiger partial charge in [-0.25, -0.2) is 4.98 Å². The molecule has 1 aromatic heterocycles. The van der Waals surface area contributed by atoms with Gasteiger partial charge in [0.2, 0.25) is 5.91 Å². The Bertz CT molecular complexity index is 1130. The highest BCUT2D eigenvalue weighted by Crippen LogP contribution is 2.20. The molecule has 4 aromatic rings. The Morgan fingerprint density at radius 3 is 2.39 bits per heavy atom. The van der Waals surface area contributed by atoms with E-state index in [1.165, 1.54) is 11.1 Å². The predicted molar refractivity (Wildman–Crippen MR) is 127 cm³/mol. The predicted octanol–water partition coefficient (Wildman–Crippen LogP) is 5.40. The normalized spacial score (nSPS) is 11.0. The van der Waals surface area contributed by atoms with Gasteiger partial charge in [0.25, 0.3) is 0 Å². The van der Waals surface area contributed by atoms with Crippen LogP contribution in [-0.4, -0.2) is 22.0 Å². The van der Waals surface area contributed by atoms with Crippen LogP contribution >= 0.6 is 0 Å². The summed E-state index contributed by atoms with van der Waals surface area (Å²) in [6.45, 7) is 3.76. The fourth-order valence-corrected chi connectivity index (χ4v) is 3.89. The highest BCUT2D eigenvalue weighted by Gasteiger charge is 2.11.